The van der Waals surface area contributed by atoms with Crippen molar-refractivity contribution in [1.82, 2.24) is 9.13 Å². The molecule has 24 aromatic rings. The Balaban J connectivity index is 0.000000142. The Morgan fingerprint density at radius 1 is 0.156 bits per heavy atom. The lowest BCUT2D eigenvalue weighted by Gasteiger charge is -2.26. The monoisotopic (exact) mass is 1590 g/mol. The fraction of sp³-hybridized carbons (Fsp3) is 0. The SMILES string of the molecule is c1cc(N(c2ccc(-c3ccc(-c4ccc5ccccc5c4)cc3)cc2)c2ccc(-c3ccc4sc5ccccc5c4c3)cc2)cc(-n2c3ccccc3c3ccccc32)c1.c1cc(N(c2ccc(-c3ccc(-c4cccc5ccccc45)cc3)cc2)c2ccc(-c3ccc4sc5ccccc5c4c3)cc2)cc(-n2c3ccccc3c3ccccc32)c1. The molecule has 0 saturated carbocycles. The highest BCUT2D eigenvalue weighted by molar-refractivity contribution is 7.26. The third-order valence-corrected chi connectivity index (χ3v) is 26.7. The van der Waals surface area contributed by atoms with Gasteiger partial charge in [-0.05, 0) is 240 Å². The van der Waals surface area contributed by atoms with E-state index in [4.69, 9.17) is 0 Å². The third-order valence-electron chi connectivity index (χ3n) is 24.4. The van der Waals surface area contributed by atoms with Crippen LogP contribution >= 0.6 is 22.7 Å². The molecule has 0 radical (unpaired) electrons. The third kappa shape index (κ3) is 13.0. The number of hydrogen-bond donors (Lipinski definition) is 0. The van der Waals surface area contributed by atoms with Gasteiger partial charge in [-0.1, -0.05) is 309 Å². The van der Waals surface area contributed by atoms with Gasteiger partial charge in [0.15, 0.2) is 0 Å². The first-order chi connectivity index (χ1) is 60.4. The quantitative estimate of drug-likeness (QED) is 0.108. The van der Waals surface area contributed by atoms with Crippen LogP contribution in [0.3, 0.4) is 0 Å². The second kappa shape index (κ2) is 30.5. The highest BCUT2D eigenvalue weighted by Crippen LogP contribution is 2.46. The maximum atomic E-state index is 2.39. The van der Waals surface area contributed by atoms with Gasteiger partial charge in [-0.2, -0.15) is 0 Å². The van der Waals surface area contributed by atoms with E-state index in [1.54, 1.807) is 0 Å². The van der Waals surface area contributed by atoms with Crippen molar-refractivity contribution in [3.8, 4) is 78.1 Å². The Hall–Kier alpha value is -15.4. The van der Waals surface area contributed by atoms with Gasteiger partial charge in [-0.25, -0.2) is 0 Å². The van der Waals surface area contributed by atoms with Gasteiger partial charge < -0.3 is 18.9 Å². The Morgan fingerprint density at radius 3 is 0.861 bits per heavy atom. The minimum Gasteiger partial charge on any atom is -0.310 e. The predicted octanol–water partition coefficient (Wildman–Crippen LogP) is 33.6. The minimum atomic E-state index is 1.09. The van der Waals surface area contributed by atoms with Crippen LogP contribution in [0, 0.1) is 0 Å². The summed E-state index contributed by atoms with van der Waals surface area (Å²) < 4.78 is 10.1. The van der Waals surface area contributed by atoms with Gasteiger partial charge in [-0.3, -0.25) is 0 Å². The zero-order valence-corrected chi connectivity index (χ0v) is 68.1. The fourth-order valence-corrected chi connectivity index (χ4v) is 20.6. The molecule has 0 saturated heterocycles. The molecule has 24 rings (SSSR count). The first kappa shape index (κ1) is 71.8. The van der Waals surface area contributed by atoms with E-state index >= 15 is 0 Å². The van der Waals surface area contributed by atoms with Crippen molar-refractivity contribution in [2.45, 2.75) is 0 Å². The van der Waals surface area contributed by atoms with Crippen LogP contribution in [0.5, 0.6) is 0 Å². The maximum absolute atomic E-state index is 2.39. The number of anilines is 6. The second-order valence-corrected chi connectivity index (χ2v) is 33.7. The van der Waals surface area contributed by atoms with E-state index in [0.717, 1.165) is 45.5 Å². The lowest BCUT2D eigenvalue weighted by atomic mass is 9.96. The molecule has 6 heteroatoms. The van der Waals surface area contributed by atoms with E-state index in [-0.39, 0.29) is 0 Å². The highest BCUT2D eigenvalue weighted by atomic mass is 32.1. The van der Waals surface area contributed by atoms with Crippen molar-refractivity contribution >= 4 is 162 Å². The van der Waals surface area contributed by atoms with Gasteiger partial charge >= 0.3 is 0 Å². The standard InChI is InChI=1S/2C58H38N2S/c1-2-15-49-42(11-1)12-9-19-50(49)43-25-23-39(24-26-43)40-27-32-45(33-28-40)59(46-34-29-41(30-35-46)44-31-36-58-54(37-44)53-18-5-8-22-57(53)61-58)47-13-10-14-48(38-47)60-55-20-6-3-16-51(55)52-17-4-7-21-56(52)60;1-2-11-44-36-45(25-24-39(44)10-1)42-22-20-40(21-23-42)41-26-31-47(32-27-41)59(48-33-28-43(29-34-48)46-30-35-58-54(37-46)53-16-5-8-19-57(53)61-58)49-12-9-13-50(38-49)60-55-17-6-3-14-51(55)52-15-4-7-18-56(52)60/h2*1-38H. The topological polar surface area (TPSA) is 16.3 Å². The molecule has 4 aromatic heterocycles. The largest absolute Gasteiger partial charge is 0.310 e. The van der Waals surface area contributed by atoms with Gasteiger partial charge in [0.1, 0.15) is 0 Å². The van der Waals surface area contributed by atoms with E-state index in [1.165, 1.54) is 172 Å². The first-order valence-electron chi connectivity index (χ1n) is 41.6. The van der Waals surface area contributed by atoms with Crippen LogP contribution in [0.2, 0.25) is 0 Å². The Morgan fingerprint density at radius 2 is 0.443 bits per heavy atom. The number of fused-ring (bicyclic) bond motifs is 14. The summed E-state index contributed by atoms with van der Waals surface area (Å²) in [7, 11) is 0. The highest BCUT2D eigenvalue weighted by Gasteiger charge is 2.22. The number of hydrogen-bond acceptors (Lipinski definition) is 4. The van der Waals surface area contributed by atoms with E-state index in [1.807, 2.05) is 22.7 Å². The van der Waals surface area contributed by atoms with E-state index < -0.39 is 0 Å². The van der Waals surface area contributed by atoms with Crippen LogP contribution in [0.1, 0.15) is 0 Å². The van der Waals surface area contributed by atoms with Crippen LogP contribution in [-0.2, 0) is 0 Å². The molecule has 572 valence electrons. The molecule has 0 bridgehead atoms. The van der Waals surface area contributed by atoms with Crippen molar-refractivity contribution in [1.29, 1.82) is 0 Å². The minimum absolute atomic E-state index is 1.09. The number of para-hydroxylation sites is 4. The van der Waals surface area contributed by atoms with Crippen molar-refractivity contribution in [2.24, 2.45) is 0 Å². The van der Waals surface area contributed by atoms with Gasteiger partial charge in [0.2, 0.25) is 0 Å². The van der Waals surface area contributed by atoms with Crippen molar-refractivity contribution in [3.05, 3.63) is 461 Å². The van der Waals surface area contributed by atoms with Crippen LogP contribution in [0.15, 0.2) is 461 Å². The predicted molar refractivity (Wildman–Crippen MR) is 524 cm³/mol. The Kier molecular flexibility index (Phi) is 18.0. The summed E-state index contributed by atoms with van der Waals surface area (Å²) in [4.78, 5) is 4.76. The number of benzene rings is 20. The first-order valence-corrected chi connectivity index (χ1v) is 43.3. The molecule has 122 heavy (non-hydrogen) atoms. The molecule has 0 atom stereocenters. The summed E-state index contributed by atoms with van der Waals surface area (Å²) >= 11 is 3.72. The van der Waals surface area contributed by atoms with Gasteiger partial charge in [0, 0.05) is 107 Å². The second-order valence-electron chi connectivity index (χ2n) is 31.5. The smallest absolute Gasteiger partial charge is 0.0541 e. The molecule has 0 aliphatic rings. The number of thiophene rings is 2. The molecule has 20 aromatic carbocycles. The summed E-state index contributed by atoms with van der Waals surface area (Å²) in [5.74, 6) is 0. The van der Waals surface area contributed by atoms with Crippen LogP contribution in [0.4, 0.5) is 34.1 Å². The van der Waals surface area contributed by atoms with Crippen LogP contribution in [-0.4, -0.2) is 9.13 Å². The van der Waals surface area contributed by atoms with Crippen LogP contribution < -0.4 is 9.80 Å². The summed E-state index contributed by atoms with van der Waals surface area (Å²) in [6.45, 7) is 0. The molecule has 4 heterocycles. The zero-order valence-electron chi connectivity index (χ0n) is 66.5. The molecule has 4 nitrogen and oxygen atoms in total. The van der Waals surface area contributed by atoms with Crippen molar-refractivity contribution in [3.63, 3.8) is 0 Å². The lowest BCUT2D eigenvalue weighted by Crippen LogP contribution is -2.10. The van der Waals surface area contributed by atoms with Gasteiger partial charge in [-0.15, -0.1) is 22.7 Å². The molecular formula is C116H76N4S2. The maximum Gasteiger partial charge on any atom is 0.0541 e. The zero-order chi connectivity index (χ0) is 80.6. The molecule has 0 unspecified atom stereocenters. The van der Waals surface area contributed by atoms with E-state index in [9.17, 15) is 0 Å². The number of aromatic nitrogens is 2. The van der Waals surface area contributed by atoms with Gasteiger partial charge in [0.25, 0.3) is 0 Å². The van der Waals surface area contributed by atoms with E-state index in [2.05, 4.69) is 480 Å². The average Bonchev–Trinajstić information content (AvgIpc) is 1.61. The van der Waals surface area contributed by atoms with Gasteiger partial charge in [0.05, 0.1) is 22.1 Å². The van der Waals surface area contributed by atoms with Crippen LogP contribution in [0.25, 0.3) is 184 Å². The molecule has 0 fully saturated rings. The molecule has 0 N–H and O–H groups in total. The Labute approximate surface area is 715 Å². The normalized spacial score (nSPS) is 11.6. The van der Waals surface area contributed by atoms with E-state index in [0.29, 0.717) is 0 Å². The average molecular weight is 1590 g/mol. The summed E-state index contributed by atoms with van der Waals surface area (Å²) in [5, 5.41) is 15.3. The number of rotatable bonds is 14. The molecule has 0 aliphatic heterocycles. The molecule has 0 amide bonds. The number of nitrogens with zero attached hydrogens (tertiary/aromatic N) is 4. The Bertz CT molecular complexity index is 7990. The molecule has 0 aliphatic carbocycles. The lowest BCUT2D eigenvalue weighted by molar-refractivity contribution is 1.17. The molecular weight excluding hydrogens is 1510 g/mol. The molecule has 0 spiro atoms. The van der Waals surface area contributed by atoms with Crippen molar-refractivity contribution < 1.29 is 0 Å². The fourth-order valence-electron chi connectivity index (χ4n) is 18.4. The summed E-state index contributed by atoms with van der Waals surface area (Å²) in [5.41, 5.74) is 28.1. The van der Waals surface area contributed by atoms with Crippen molar-refractivity contribution in [2.75, 3.05) is 9.80 Å². The summed E-state index contributed by atoms with van der Waals surface area (Å²) in [6, 6.07) is 168. The summed E-state index contributed by atoms with van der Waals surface area (Å²) in [6.07, 6.45) is 0.